The Balaban J connectivity index is 2.06. The molecule has 1 aliphatic rings. The minimum atomic E-state index is -0.670. The molecule has 94 valence electrons. The summed E-state index contributed by atoms with van der Waals surface area (Å²) in [6, 6.07) is 0. The molecule has 17 heavy (non-hydrogen) atoms. The van der Waals surface area contributed by atoms with Crippen molar-refractivity contribution in [3.05, 3.63) is 24.3 Å². The van der Waals surface area contributed by atoms with Crippen LogP contribution in [0.2, 0.25) is 0 Å². The molecule has 4 heteroatoms. The van der Waals surface area contributed by atoms with Crippen LogP contribution in [0.5, 0.6) is 0 Å². The maximum Gasteiger partial charge on any atom is 0.124 e. The van der Waals surface area contributed by atoms with E-state index in [1.165, 1.54) is 19.3 Å². The topological polar surface area (TPSA) is 55.2 Å². The van der Waals surface area contributed by atoms with E-state index >= 15 is 0 Å². The Kier molecular flexibility index (Phi) is 4.45. The standard InChI is InChI=1S/C13H20N2O2/c1-17-13(10-5-3-2-4-6-10)12(16)11-9-14-7-8-15-11/h7-10,12-13,16H,2-6H2,1H3. The normalized spacial score (nSPS) is 21.1. The van der Waals surface area contributed by atoms with Gasteiger partial charge in [0.15, 0.2) is 0 Å². The average Bonchev–Trinajstić information content (AvgIpc) is 2.42. The maximum absolute atomic E-state index is 10.3. The first-order valence-electron chi connectivity index (χ1n) is 6.29. The third-order valence-electron chi connectivity index (χ3n) is 3.58. The van der Waals surface area contributed by atoms with E-state index in [0.29, 0.717) is 11.6 Å². The van der Waals surface area contributed by atoms with Crippen molar-refractivity contribution in [2.45, 2.75) is 44.3 Å². The van der Waals surface area contributed by atoms with Gasteiger partial charge in [0.1, 0.15) is 6.10 Å². The molecule has 2 rings (SSSR count). The Bertz CT molecular complexity index is 325. The van der Waals surface area contributed by atoms with Crippen molar-refractivity contribution in [1.82, 2.24) is 9.97 Å². The van der Waals surface area contributed by atoms with Gasteiger partial charge in [-0.3, -0.25) is 9.97 Å². The molecule has 0 saturated heterocycles. The molecule has 0 bridgehead atoms. The highest BCUT2D eigenvalue weighted by molar-refractivity contribution is 5.02. The molecule has 1 N–H and O–H groups in total. The predicted octanol–water partition coefficient (Wildman–Crippen LogP) is 2.11. The van der Waals surface area contributed by atoms with Crippen LogP contribution >= 0.6 is 0 Å². The number of nitrogens with zero attached hydrogens (tertiary/aromatic N) is 2. The Morgan fingerprint density at radius 1 is 1.29 bits per heavy atom. The summed E-state index contributed by atoms with van der Waals surface area (Å²) < 4.78 is 5.49. The van der Waals surface area contributed by atoms with Gasteiger partial charge >= 0.3 is 0 Å². The van der Waals surface area contributed by atoms with E-state index in [2.05, 4.69) is 9.97 Å². The number of aliphatic hydroxyl groups is 1. The number of methoxy groups -OCH3 is 1. The monoisotopic (exact) mass is 236 g/mol. The van der Waals surface area contributed by atoms with Crippen LogP contribution in [-0.2, 0) is 4.74 Å². The van der Waals surface area contributed by atoms with Gasteiger partial charge in [-0.05, 0) is 18.8 Å². The van der Waals surface area contributed by atoms with Crippen molar-refractivity contribution in [1.29, 1.82) is 0 Å². The number of aliphatic hydroxyl groups excluding tert-OH is 1. The first-order valence-corrected chi connectivity index (χ1v) is 6.29. The van der Waals surface area contributed by atoms with E-state index in [9.17, 15) is 5.11 Å². The molecule has 1 heterocycles. The van der Waals surface area contributed by atoms with Crippen molar-refractivity contribution in [3.63, 3.8) is 0 Å². The van der Waals surface area contributed by atoms with Crippen LogP contribution in [0, 0.1) is 5.92 Å². The van der Waals surface area contributed by atoms with E-state index in [1.54, 1.807) is 25.7 Å². The summed E-state index contributed by atoms with van der Waals surface area (Å²) in [6.07, 6.45) is 10.0. The molecule has 0 amide bonds. The highest BCUT2D eigenvalue weighted by atomic mass is 16.5. The zero-order chi connectivity index (χ0) is 12.1. The lowest BCUT2D eigenvalue weighted by molar-refractivity contribution is -0.0577. The summed E-state index contributed by atoms with van der Waals surface area (Å²) in [5.41, 5.74) is 0.602. The zero-order valence-electron chi connectivity index (χ0n) is 10.2. The Hall–Kier alpha value is -1.00. The fourth-order valence-corrected chi connectivity index (χ4v) is 2.67. The van der Waals surface area contributed by atoms with E-state index in [-0.39, 0.29) is 6.10 Å². The summed E-state index contributed by atoms with van der Waals surface area (Å²) in [6.45, 7) is 0. The van der Waals surface area contributed by atoms with Gasteiger partial charge in [-0.1, -0.05) is 19.3 Å². The van der Waals surface area contributed by atoms with Gasteiger partial charge in [-0.25, -0.2) is 0 Å². The van der Waals surface area contributed by atoms with Crippen LogP contribution in [0.3, 0.4) is 0 Å². The summed E-state index contributed by atoms with van der Waals surface area (Å²) in [5.74, 6) is 0.436. The van der Waals surface area contributed by atoms with Crippen molar-refractivity contribution in [3.8, 4) is 0 Å². The second-order valence-corrected chi connectivity index (χ2v) is 4.67. The van der Waals surface area contributed by atoms with E-state index in [4.69, 9.17) is 4.74 Å². The summed E-state index contributed by atoms with van der Waals surface area (Å²) in [7, 11) is 1.67. The van der Waals surface area contributed by atoms with Crippen molar-refractivity contribution in [2.75, 3.05) is 7.11 Å². The minimum Gasteiger partial charge on any atom is -0.384 e. The summed E-state index contributed by atoms with van der Waals surface area (Å²) in [4.78, 5) is 8.14. The molecule has 0 spiro atoms. The molecule has 4 nitrogen and oxygen atoms in total. The average molecular weight is 236 g/mol. The summed E-state index contributed by atoms with van der Waals surface area (Å²) in [5, 5.41) is 10.3. The molecule has 0 radical (unpaired) electrons. The lowest BCUT2D eigenvalue weighted by Gasteiger charge is -2.32. The first-order chi connectivity index (χ1) is 8.33. The summed E-state index contributed by atoms with van der Waals surface area (Å²) >= 11 is 0. The fourth-order valence-electron chi connectivity index (χ4n) is 2.67. The molecule has 1 saturated carbocycles. The van der Waals surface area contributed by atoms with Crippen LogP contribution in [0.4, 0.5) is 0 Å². The Morgan fingerprint density at radius 2 is 2.06 bits per heavy atom. The maximum atomic E-state index is 10.3. The molecule has 0 aromatic carbocycles. The van der Waals surface area contributed by atoms with Crippen LogP contribution in [-0.4, -0.2) is 28.3 Å². The van der Waals surface area contributed by atoms with Gasteiger partial charge in [0.05, 0.1) is 18.0 Å². The van der Waals surface area contributed by atoms with Crippen LogP contribution in [0.15, 0.2) is 18.6 Å². The smallest absolute Gasteiger partial charge is 0.124 e. The van der Waals surface area contributed by atoms with Gasteiger partial charge in [0.2, 0.25) is 0 Å². The third-order valence-corrected chi connectivity index (χ3v) is 3.58. The first kappa shape index (κ1) is 12.5. The van der Waals surface area contributed by atoms with Crippen LogP contribution in [0.25, 0.3) is 0 Å². The van der Waals surface area contributed by atoms with Gasteiger partial charge < -0.3 is 9.84 Å². The number of rotatable bonds is 4. The molecule has 1 aromatic rings. The van der Waals surface area contributed by atoms with Crippen LogP contribution in [0.1, 0.15) is 43.9 Å². The number of hydrogen-bond acceptors (Lipinski definition) is 4. The van der Waals surface area contributed by atoms with Crippen molar-refractivity contribution in [2.24, 2.45) is 5.92 Å². The molecular formula is C13H20N2O2. The minimum absolute atomic E-state index is 0.160. The van der Waals surface area contributed by atoms with E-state index in [1.807, 2.05) is 0 Å². The van der Waals surface area contributed by atoms with Gasteiger partial charge in [-0.2, -0.15) is 0 Å². The second kappa shape index (κ2) is 6.07. The van der Waals surface area contributed by atoms with Gasteiger partial charge in [0.25, 0.3) is 0 Å². The van der Waals surface area contributed by atoms with Gasteiger partial charge in [0, 0.05) is 19.5 Å². The van der Waals surface area contributed by atoms with Gasteiger partial charge in [-0.15, -0.1) is 0 Å². The lowest BCUT2D eigenvalue weighted by Crippen LogP contribution is -2.31. The SMILES string of the molecule is COC(C1CCCCC1)C(O)c1cnccn1. The van der Waals surface area contributed by atoms with E-state index in [0.717, 1.165) is 12.8 Å². The molecule has 1 aromatic heterocycles. The lowest BCUT2D eigenvalue weighted by atomic mass is 9.82. The zero-order valence-corrected chi connectivity index (χ0v) is 10.2. The number of hydrogen-bond donors (Lipinski definition) is 1. The Labute approximate surface area is 102 Å². The molecule has 1 fully saturated rings. The highest BCUT2D eigenvalue weighted by Gasteiger charge is 2.31. The molecule has 1 aliphatic carbocycles. The van der Waals surface area contributed by atoms with Crippen molar-refractivity contribution < 1.29 is 9.84 Å². The number of aromatic nitrogens is 2. The quantitative estimate of drug-likeness (QED) is 0.870. The van der Waals surface area contributed by atoms with Crippen LogP contribution < -0.4 is 0 Å². The van der Waals surface area contributed by atoms with Crippen molar-refractivity contribution >= 4 is 0 Å². The second-order valence-electron chi connectivity index (χ2n) is 4.67. The highest BCUT2D eigenvalue weighted by Crippen LogP contribution is 2.33. The predicted molar refractivity (Wildman–Crippen MR) is 64.4 cm³/mol. The molecule has 2 unspecified atom stereocenters. The Morgan fingerprint density at radius 3 is 2.65 bits per heavy atom. The number of ether oxygens (including phenoxy) is 1. The molecular weight excluding hydrogens is 216 g/mol. The van der Waals surface area contributed by atoms with E-state index < -0.39 is 6.10 Å². The molecule has 2 atom stereocenters. The third kappa shape index (κ3) is 3.01. The molecule has 0 aliphatic heterocycles. The largest absolute Gasteiger partial charge is 0.384 e. The fraction of sp³-hybridized carbons (Fsp3) is 0.692.